The Morgan fingerprint density at radius 2 is 2.33 bits per heavy atom. The molecule has 68 valence electrons. The van der Waals surface area contributed by atoms with E-state index < -0.39 is 0 Å². The van der Waals surface area contributed by atoms with Crippen LogP contribution in [0.4, 0.5) is 4.79 Å². The maximum Gasteiger partial charge on any atom is 0.314 e. The number of fused-ring (bicyclic) bond motifs is 1. The lowest BCUT2D eigenvalue weighted by Gasteiger charge is -2.32. The Kier molecular flexibility index (Phi) is 1.92. The molecule has 0 saturated carbocycles. The maximum absolute atomic E-state index is 10.8. The molecule has 0 spiro atoms. The van der Waals surface area contributed by atoms with Crippen LogP contribution in [0.5, 0.6) is 0 Å². The smallest absolute Gasteiger partial charge is 0.314 e. The molecule has 2 fully saturated rings. The minimum atomic E-state index is -0.316. The van der Waals surface area contributed by atoms with Crippen molar-refractivity contribution in [3.63, 3.8) is 0 Å². The zero-order valence-electron chi connectivity index (χ0n) is 7.03. The van der Waals surface area contributed by atoms with Crippen molar-refractivity contribution in [1.29, 1.82) is 0 Å². The second kappa shape index (κ2) is 2.94. The number of piperidine rings is 1. The molecule has 2 unspecified atom stereocenters. The van der Waals surface area contributed by atoms with E-state index in [0.29, 0.717) is 12.5 Å². The van der Waals surface area contributed by atoms with Crippen molar-refractivity contribution >= 4 is 6.03 Å². The summed E-state index contributed by atoms with van der Waals surface area (Å²) in [6.07, 6.45) is 2.46. The van der Waals surface area contributed by atoms with Crippen molar-refractivity contribution in [1.82, 2.24) is 4.90 Å². The number of primary amides is 1. The van der Waals surface area contributed by atoms with E-state index in [1.807, 2.05) is 0 Å². The number of likely N-dealkylation sites (tertiary alicyclic amines) is 1. The molecule has 4 nitrogen and oxygen atoms in total. The fraction of sp³-hybridized carbons (Fsp3) is 0.875. The molecule has 0 bridgehead atoms. The molecule has 2 atom stereocenters. The van der Waals surface area contributed by atoms with Crippen LogP contribution < -0.4 is 5.73 Å². The molecule has 0 aromatic heterocycles. The van der Waals surface area contributed by atoms with Crippen molar-refractivity contribution in [2.24, 2.45) is 11.7 Å². The van der Waals surface area contributed by atoms with Gasteiger partial charge in [0.25, 0.3) is 0 Å². The minimum absolute atomic E-state index is 0.256. The fourth-order valence-electron chi connectivity index (χ4n) is 2.06. The first kappa shape index (κ1) is 7.86. The molecular formula is C8H14N2O2. The molecule has 0 aliphatic carbocycles. The van der Waals surface area contributed by atoms with Gasteiger partial charge >= 0.3 is 6.03 Å². The molecule has 2 amide bonds. The highest BCUT2D eigenvalue weighted by molar-refractivity contribution is 5.72. The van der Waals surface area contributed by atoms with Gasteiger partial charge in [0, 0.05) is 19.7 Å². The summed E-state index contributed by atoms with van der Waals surface area (Å²) in [6.45, 7) is 2.35. The zero-order chi connectivity index (χ0) is 8.55. The molecule has 0 radical (unpaired) electrons. The summed E-state index contributed by atoms with van der Waals surface area (Å²) in [7, 11) is 0. The Hall–Kier alpha value is -0.770. The number of amides is 2. The predicted molar refractivity (Wildman–Crippen MR) is 43.6 cm³/mol. The summed E-state index contributed by atoms with van der Waals surface area (Å²) < 4.78 is 5.49. The van der Waals surface area contributed by atoms with Gasteiger partial charge in [-0.3, -0.25) is 0 Å². The Bertz CT molecular complexity index is 195. The van der Waals surface area contributed by atoms with Gasteiger partial charge in [0.1, 0.15) is 0 Å². The average Bonchev–Trinajstić information content (AvgIpc) is 2.49. The molecule has 0 aromatic rings. The van der Waals surface area contributed by atoms with Gasteiger partial charge in [-0.05, 0) is 18.8 Å². The van der Waals surface area contributed by atoms with E-state index in [-0.39, 0.29) is 12.1 Å². The largest absolute Gasteiger partial charge is 0.376 e. The van der Waals surface area contributed by atoms with Crippen molar-refractivity contribution < 1.29 is 9.53 Å². The van der Waals surface area contributed by atoms with Crippen LogP contribution in [0.3, 0.4) is 0 Å². The third-order valence-electron chi connectivity index (χ3n) is 2.83. The third-order valence-corrected chi connectivity index (χ3v) is 2.83. The van der Waals surface area contributed by atoms with E-state index in [2.05, 4.69) is 0 Å². The fourth-order valence-corrected chi connectivity index (χ4v) is 2.06. The molecule has 2 aliphatic rings. The van der Waals surface area contributed by atoms with Crippen molar-refractivity contribution in [3.8, 4) is 0 Å². The lowest BCUT2D eigenvalue weighted by molar-refractivity contribution is 0.0404. The van der Waals surface area contributed by atoms with Crippen LogP contribution in [0.25, 0.3) is 0 Å². The van der Waals surface area contributed by atoms with E-state index in [9.17, 15) is 4.79 Å². The van der Waals surface area contributed by atoms with Gasteiger partial charge in [0.05, 0.1) is 6.10 Å². The highest BCUT2D eigenvalue weighted by Crippen LogP contribution is 2.28. The quantitative estimate of drug-likeness (QED) is 0.563. The van der Waals surface area contributed by atoms with E-state index in [1.165, 1.54) is 0 Å². The van der Waals surface area contributed by atoms with E-state index in [1.54, 1.807) is 4.90 Å². The lowest BCUT2D eigenvalue weighted by atomic mass is 9.94. The molecule has 0 aromatic carbocycles. The second-order valence-corrected chi connectivity index (χ2v) is 3.53. The van der Waals surface area contributed by atoms with Crippen LogP contribution in [0.1, 0.15) is 12.8 Å². The number of nitrogens with two attached hydrogens (primary N) is 1. The van der Waals surface area contributed by atoms with Gasteiger partial charge in [0.15, 0.2) is 0 Å². The van der Waals surface area contributed by atoms with E-state index in [4.69, 9.17) is 10.5 Å². The molecule has 2 heterocycles. The van der Waals surface area contributed by atoms with E-state index in [0.717, 1.165) is 26.0 Å². The first-order chi connectivity index (χ1) is 5.77. The number of hydrogen-bond donors (Lipinski definition) is 1. The summed E-state index contributed by atoms with van der Waals surface area (Å²) in [6, 6.07) is -0.316. The molecule has 2 N–H and O–H groups in total. The molecule has 2 rings (SSSR count). The monoisotopic (exact) mass is 170 g/mol. The standard InChI is InChI=1S/C8H14N2O2/c9-8(11)10-3-1-6-2-4-12-7(6)5-10/h6-7H,1-5H2,(H2,9,11). The SMILES string of the molecule is NC(=O)N1CCC2CCOC2C1. The Morgan fingerprint density at radius 3 is 3.08 bits per heavy atom. The third kappa shape index (κ3) is 1.27. The van der Waals surface area contributed by atoms with Crippen LogP contribution >= 0.6 is 0 Å². The highest BCUT2D eigenvalue weighted by Gasteiger charge is 2.34. The Morgan fingerprint density at radius 1 is 1.50 bits per heavy atom. The van der Waals surface area contributed by atoms with Gasteiger partial charge in [-0.2, -0.15) is 0 Å². The number of urea groups is 1. The van der Waals surface area contributed by atoms with Gasteiger partial charge in [-0.1, -0.05) is 0 Å². The van der Waals surface area contributed by atoms with Crippen LogP contribution in [0.2, 0.25) is 0 Å². The Balaban J connectivity index is 1.96. The van der Waals surface area contributed by atoms with E-state index >= 15 is 0 Å². The molecule has 12 heavy (non-hydrogen) atoms. The number of hydrogen-bond acceptors (Lipinski definition) is 2. The number of nitrogens with zero attached hydrogens (tertiary/aromatic N) is 1. The molecular weight excluding hydrogens is 156 g/mol. The van der Waals surface area contributed by atoms with Gasteiger partial charge in [-0.25, -0.2) is 4.79 Å². The van der Waals surface area contributed by atoms with Crippen LogP contribution in [0.15, 0.2) is 0 Å². The lowest BCUT2D eigenvalue weighted by Crippen LogP contribution is -2.47. The normalized spacial score (nSPS) is 34.8. The van der Waals surface area contributed by atoms with Crippen LogP contribution in [0, 0.1) is 5.92 Å². The maximum atomic E-state index is 10.8. The Labute approximate surface area is 71.7 Å². The first-order valence-corrected chi connectivity index (χ1v) is 4.43. The average molecular weight is 170 g/mol. The van der Waals surface area contributed by atoms with Gasteiger partial charge in [0.2, 0.25) is 0 Å². The molecule has 4 heteroatoms. The van der Waals surface area contributed by atoms with Crippen LogP contribution in [-0.2, 0) is 4.74 Å². The first-order valence-electron chi connectivity index (χ1n) is 4.43. The molecule has 2 saturated heterocycles. The topological polar surface area (TPSA) is 55.6 Å². The number of carbonyl (C=O) groups is 1. The second-order valence-electron chi connectivity index (χ2n) is 3.53. The van der Waals surface area contributed by atoms with Crippen LogP contribution in [-0.4, -0.2) is 36.7 Å². The highest BCUT2D eigenvalue weighted by atomic mass is 16.5. The summed E-state index contributed by atoms with van der Waals surface area (Å²) >= 11 is 0. The minimum Gasteiger partial charge on any atom is -0.376 e. The zero-order valence-corrected chi connectivity index (χ0v) is 7.03. The summed E-state index contributed by atoms with van der Waals surface area (Å²) in [5.74, 6) is 0.667. The molecule has 2 aliphatic heterocycles. The number of rotatable bonds is 0. The number of carbonyl (C=O) groups excluding carboxylic acids is 1. The number of ether oxygens (including phenoxy) is 1. The predicted octanol–water partition coefficient (Wildman–Crippen LogP) is 0.176. The van der Waals surface area contributed by atoms with Gasteiger partial charge in [-0.15, -0.1) is 0 Å². The van der Waals surface area contributed by atoms with Crippen molar-refractivity contribution in [3.05, 3.63) is 0 Å². The summed E-state index contributed by atoms with van der Waals surface area (Å²) in [5.41, 5.74) is 5.18. The van der Waals surface area contributed by atoms with Crippen molar-refractivity contribution in [2.75, 3.05) is 19.7 Å². The summed E-state index contributed by atoms with van der Waals surface area (Å²) in [5, 5.41) is 0. The summed E-state index contributed by atoms with van der Waals surface area (Å²) in [4.78, 5) is 12.5. The van der Waals surface area contributed by atoms with Crippen molar-refractivity contribution in [2.45, 2.75) is 18.9 Å². The van der Waals surface area contributed by atoms with Gasteiger partial charge < -0.3 is 15.4 Å².